The summed E-state index contributed by atoms with van der Waals surface area (Å²) in [5, 5.41) is 10.9. The van der Waals surface area contributed by atoms with Crippen molar-refractivity contribution < 1.29 is 0 Å². The van der Waals surface area contributed by atoms with E-state index in [9.17, 15) is 5.26 Å². The molecule has 1 unspecified atom stereocenters. The number of aliphatic imine (C=N–C) groups is 1. The van der Waals surface area contributed by atoms with Crippen LogP contribution in [0, 0.1) is 11.3 Å². The lowest BCUT2D eigenvalue weighted by Crippen LogP contribution is -2.29. The van der Waals surface area contributed by atoms with Crippen LogP contribution in [-0.2, 0) is 0 Å². The maximum atomic E-state index is 9.19. The van der Waals surface area contributed by atoms with E-state index in [-0.39, 0.29) is 0 Å². The van der Waals surface area contributed by atoms with E-state index in [2.05, 4.69) is 11.1 Å². The number of benzene rings is 2. The van der Waals surface area contributed by atoms with Crippen molar-refractivity contribution in [3.63, 3.8) is 0 Å². The van der Waals surface area contributed by atoms with Gasteiger partial charge in [-0.05, 0) is 42.5 Å². The van der Waals surface area contributed by atoms with E-state index in [1.807, 2.05) is 23.1 Å². The fourth-order valence-corrected chi connectivity index (χ4v) is 2.94. The average molecular weight is 351 g/mol. The molecule has 0 amide bonds. The maximum Gasteiger partial charge on any atom is 0.156 e. The zero-order valence-corrected chi connectivity index (χ0v) is 13.6. The van der Waals surface area contributed by atoms with Crippen LogP contribution in [-0.4, -0.2) is 18.4 Å². The van der Waals surface area contributed by atoms with Crippen LogP contribution in [0.3, 0.4) is 0 Å². The number of hydrogen-bond acceptors (Lipinski definition) is 3. The Morgan fingerprint density at radius 2 is 1.73 bits per heavy atom. The molecule has 1 heterocycles. The van der Waals surface area contributed by atoms with Crippen LogP contribution in [0.15, 0.2) is 47.5 Å². The van der Waals surface area contributed by atoms with Crippen molar-refractivity contribution in [3.05, 3.63) is 63.1 Å². The zero-order chi connectivity index (χ0) is 15.7. The number of anilines is 1. The molecule has 2 aromatic rings. The van der Waals surface area contributed by atoms with Crippen molar-refractivity contribution in [1.29, 1.82) is 5.26 Å². The minimum Gasteiger partial charge on any atom is -0.323 e. The second-order valence-electron chi connectivity index (χ2n) is 4.81. The molecule has 110 valence electrons. The van der Waals surface area contributed by atoms with Crippen LogP contribution in [0.1, 0.15) is 5.56 Å². The van der Waals surface area contributed by atoms with E-state index in [1.54, 1.807) is 24.3 Å². The number of amidine groups is 1. The Hall–Kier alpha value is -1.73. The molecule has 0 bridgehead atoms. The fourth-order valence-electron chi connectivity index (χ4n) is 2.32. The van der Waals surface area contributed by atoms with Crippen LogP contribution in [0.5, 0.6) is 0 Å². The average Bonchev–Trinajstić information content (AvgIpc) is 2.92. The third-order valence-corrected chi connectivity index (χ3v) is 4.15. The second-order valence-corrected chi connectivity index (χ2v) is 6.09. The zero-order valence-electron chi connectivity index (χ0n) is 11.3. The summed E-state index contributed by atoms with van der Waals surface area (Å²) in [4.78, 5) is 6.43. The normalized spacial score (nSPS) is 17.3. The lowest BCUT2D eigenvalue weighted by molar-refractivity contribution is 0.883. The molecule has 3 rings (SSSR count). The SMILES string of the molecule is N#CC1CN(c2ccc(Cl)cc2)C(c2ccc(Cl)cc2Cl)=N1. The summed E-state index contributed by atoms with van der Waals surface area (Å²) in [5.74, 6) is 0.663. The number of nitriles is 1. The smallest absolute Gasteiger partial charge is 0.156 e. The molecular weight excluding hydrogens is 341 g/mol. The Kier molecular flexibility index (Phi) is 4.26. The Morgan fingerprint density at radius 1 is 1.05 bits per heavy atom. The highest BCUT2D eigenvalue weighted by molar-refractivity contribution is 6.37. The molecule has 3 nitrogen and oxygen atoms in total. The summed E-state index contributed by atoms with van der Waals surface area (Å²) in [6.45, 7) is 0.479. The van der Waals surface area contributed by atoms with Gasteiger partial charge in [0.15, 0.2) is 6.04 Å². The van der Waals surface area contributed by atoms with Gasteiger partial charge < -0.3 is 4.90 Å². The van der Waals surface area contributed by atoms with E-state index in [0.29, 0.717) is 27.4 Å². The van der Waals surface area contributed by atoms with Crippen LogP contribution in [0.4, 0.5) is 5.69 Å². The van der Waals surface area contributed by atoms with Crippen LogP contribution in [0.25, 0.3) is 0 Å². The fraction of sp³-hybridized carbons (Fsp3) is 0.125. The first-order chi connectivity index (χ1) is 10.6. The first-order valence-electron chi connectivity index (χ1n) is 6.54. The molecule has 0 spiro atoms. The van der Waals surface area contributed by atoms with Gasteiger partial charge >= 0.3 is 0 Å². The summed E-state index contributed by atoms with van der Waals surface area (Å²) in [7, 11) is 0. The van der Waals surface area contributed by atoms with E-state index < -0.39 is 6.04 Å². The minimum atomic E-state index is -0.433. The van der Waals surface area contributed by atoms with Gasteiger partial charge in [-0.2, -0.15) is 5.26 Å². The predicted octanol–water partition coefficient (Wildman–Crippen LogP) is 4.81. The van der Waals surface area contributed by atoms with Gasteiger partial charge in [-0.3, -0.25) is 0 Å². The van der Waals surface area contributed by atoms with E-state index >= 15 is 0 Å². The summed E-state index contributed by atoms with van der Waals surface area (Å²) < 4.78 is 0. The van der Waals surface area contributed by atoms with Crippen molar-refractivity contribution >= 4 is 46.3 Å². The van der Waals surface area contributed by atoms with Gasteiger partial charge in [-0.25, -0.2) is 4.99 Å². The first-order valence-corrected chi connectivity index (χ1v) is 7.68. The summed E-state index contributed by atoms with van der Waals surface area (Å²) in [6.07, 6.45) is 0. The molecule has 1 atom stereocenters. The van der Waals surface area contributed by atoms with Crippen molar-refractivity contribution in [1.82, 2.24) is 0 Å². The molecule has 2 aromatic carbocycles. The summed E-state index contributed by atoms with van der Waals surface area (Å²) >= 11 is 18.2. The highest BCUT2D eigenvalue weighted by atomic mass is 35.5. The predicted molar refractivity (Wildman–Crippen MR) is 91.2 cm³/mol. The number of nitrogens with zero attached hydrogens (tertiary/aromatic N) is 3. The van der Waals surface area contributed by atoms with E-state index in [4.69, 9.17) is 34.8 Å². The van der Waals surface area contributed by atoms with Crippen molar-refractivity contribution in [2.45, 2.75) is 6.04 Å². The highest BCUT2D eigenvalue weighted by Crippen LogP contribution is 2.29. The molecule has 1 aliphatic heterocycles. The highest BCUT2D eigenvalue weighted by Gasteiger charge is 2.28. The molecule has 0 radical (unpaired) electrons. The monoisotopic (exact) mass is 349 g/mol. The molecule has 22 heavy (non-hydrogen) atoms. The third kappa shape index (κ3) is 2.91. The molecule has 0 saturated carbocycles. The molecule has 0 aliphatic carbocycles. The van der Waals surface area contributed by atoms with Crippen LogP contribution in [0.2, 0.25) is 15.1 Å². The Labute approximate surface area is 143 Å². The lowest BCUT2D eigenvalue weighted by atomic mass is 10.1. The van der Waals surface area contributed by atoms with Crippen molar-refractivity contribution in [3.8, 4) is 6.07 Å². The molecular formula is C16H10Cl3N3. The van der Waals surface area contributed by atoms with E-state index in [1.165, 1.54) is 0 Å². The van der Waals surface area contributed by atoms with Gasteiger partial charge in [-0.15, -0.1) is 0 Å². The van der Waals surface area contributed by atoms with Gasteiger partial charge in [0.2, 0.25) is 0 Å². The molecule has 0 saturated heterocycles. The molecule has 0 N–H and O–H groups in total. The van der Waals surface area contributed by atoms with Gasteiger partial charge in [0.1, 0.15) is 5.84 Å². The summed E-state index contributed by atoms with van der Waals surface area (Å²) in [6, 6.07) is 14.4. The minimum absolute atomic E-state index is 0.433. The molecule has 0 aromatic heterocycles. The Morgan fingerprint density at radius 3 is 2.36 bits per heavy atom. The molecule has 1 aliphatic rings. The number of halogens is 3. The molecule has 0 fully saturated rings. The standard InChI is InChI=1S/C16H10Cl3N3/c17-10-1-4-13(5-2-10)22-9-12(8-20)21-16(22)14-6-3-11(18)7-15(14)19/h1-7,12H,9H2. The van der Waals surface area contributed by atoms with Crippen molar-refractivity contribution in [2.75, 3.05) is 11.4 Å². The number of hydrogen-bond donors (Lipinski definition) is 0. The first kappa shape index (κ1) is 15.2. The van der Waals surface area contributed by atoms with Crippen LogP contribution < -0.4 is 4.90 Å². The number of rotatable bonds is 2. The quantitative estimate of drug-likeness (QED) is 0.780. The van der Waals surface area contributed by atoms with Crippen molar-refractivity contribution in [2.24, 2.45) is 4.99 Å². The lowest BCUT2D eigenvalue weighted by Gasteiger charge is -2.21. The van der Waals surface area contributed by atoms with Gasteiger partial charge in [0, 0.05) is 21.3 Å². The third-order valence-electron chi connectivity index (χ3n) is 3.35. The van der Waals surface area contributed by atoms with E-state index in [0.717, 1.165) is 11.3 Å². The van der Waals surface area contributed by atoms with Gasteiger partial charge in [-0.1, -0.05) is 34.8 Å². The topological polar surface area (TPSA) is 39.4 Å². The van der Waals surface area contributed by atoms with Gasteiger partial charge in [0.25, 0.3) is 0 Å². The Bertz CT molecular complexity index is 778. The second kappa shape index (κ2) is 6.18. The Balaban J connectivity index is 2.05. The van der Waals surface area contributed by atoms with Crippen LogP contribution >= 0.6 is 34.8 Å². The summed E-state index contributed by atoms with van der Waals surface area (Å²) in [5.41, 5.74) is 1.66. The largest absolute Gasteiger partial charge is 0.323 e. The molecule has 6 heteroatoms. The maximum absolute atomic E-state index is 9.19. The van der Waals surface area contributed by atoms with Gasteiger partial charge in [0.05, 0.1) is 17.6 Å².